The largest absolute Gasteiger partial charge is 0.324 e. The molecule has 0 unspecified atom stereocenters. The Morgan fingerprint density at radius 1 is 1.33 bits per heavy atom. The Kier molecular flexibility index (Phi) is 4.37. The summed E-state index contributed by atoms with van der Waals surface area (Å²) in [5.74, 6) is 0.112. The molecule has 0 aliphatic carbocycles. The fraction of sp³-hybridized carbons (Fsp3) is 0.533. The van der Waals surface area contributed by atoms with Gasteiger partial charge in [0, 0.05) is 5.69 Å². The minimum atomic E-state index is 0.112. The van der Waals surface area contributed by atoms with Gasteiger partial charge in [-0.15, -0.1) is 0 Å². The highest BCUT2D eigenvalue weighted by atomic mass is 16.2. The van der Waals surface area contributed by atoms with Crippen molar-refractivity contribution >= 4 is 11.6 Å². The number of hydrogen-bond donors (Lipinski definition) is 1. The lowest BCUT2D eigenvalue weighted by Crippen LogP contribution is -2.31. The van der Waals surface area contributed by atoms with Crippen LogP contribution in [0.3, 0.4) is 0 Å². The molecule has 2 rings (SSSR count). The second kappa shape index (κ2) is 6.01. The lowest BCUT2D eigenvalue weighted by Gasteiger charge is -2.17. The van der Waals surface area contributed by atoms with Crippen molar-refractivity contribution in [1.29, 1.82) is 0 Å². The lowest BCUT2D eigenvalue weighted by atomic mass is 10.1. The van der Waals surface area contributed by atoms with E-state index >= 15 is 0 Å². The van der Waals surface area contributed by atoms with Gasteiger partial charge in [-0.3, -0.25) is 9.69 Å². The van der Waals surface area contributed by atoms with Crippen LogP contribution in [0.5, 0.6) is 0 Å². The maximum Gasteiger partial charge on any atom is 0.238 e. The Hall–Kier alpha value is -1.35. The van der Waals surface area contributed by atoms with Crippen molar-refractivity contribution in [2.75, 3.05) is 25.0 Å². The molecule has 1 aliphatic heterocycles. The van der Waals surface area contributed by atoms with Crippen LogP contribution in [0, 0.1) is 6.92 Å². The second-order valence-corrected chi connectivity index (χ2v) is 4.99. The fourth-order valence-corrected chi connectivity index (χ4v) is 2.52. The van der Waals surface area contributed by atoms with Crippen LogP contribution in [-0.4, -0.2) is 30.4 Å². The van der Waals surface area contributed by atoms with Gasteiger partial charge in [-0.25, -0.2) is 0 Å². The third-order valence-corrected chi connectivity index (χ3v) is 3.57. The summed E-state index contributed by atoms with van der Waals surface area (Å²) in [7, 11) is 0. The SMILES string of the molecule is CCc1cccc(C)c1NC(=O)CN1CCCC1. The van der Waals surface area contributed by atoms with E-state index in [0.717, 1.165) is 30.8 Å². The molecule has 1 aromatic rings. The Morgan fingerprint density at radius 2 is 2.06 bits per heavy atom. The van der Waals surface area contributed by atoms with E-state index in [1.165, 1.54) is 18.4 Å². The van der Waals surface area contributed by atoms with Crippen LogP contribution in [0.25, 0.3) is 0 Å². The molecule has 1 fully saturated rings. The van der Waals surface area contributed by atoms with E-state index in [-0.39, 0.29) is 5.91 Å². The number of carbonyl (C=O) groups is 1. The predicted molar refractivity (Wildman–Crippen MR) is 74.9 cm³/mol. The average molecular weight is 246 g/mol. The number of aryl methyl sites for hydroxylation is 2. The molecule has 0 saturated carbocycles. The van der Waals surface area contributed by atoms with Crippen molar-refractivity contribution in [3.8, 4) is 0 Å². The highest BCUT2D eigenvalue weighted by molar-refractivity contribution is 5.93. The second-order valence-electron chi connectivity index (χ2n) is 4.99. The number of amides is 1. The molecule has 3 nitrogen and oxygen atoms in total. The first-order chi connectivity index (χ1) is 8.70. The zero-order valence-corrected chi connectivity index (χ0v) is 11.3. The molecular formula is C15H22N2O. The van der Waals surface area contributed by atoms with E-state index in [9.17, 15) is 4.79 Å². The number of anilines is 1. The van der Waals surface area contributed by atoms with Gasteiger partial charge in [0.1, 0.15) is 0 Å². The molecule has 1 saturated heterocycles. The van der Waals surface area contributed by atoms with E-state index in [1.807, 2.05) is 19.1 Å². The summed E-state index contributed by atoms with van der Waals surface area (Å²) in [5, 5.41) is 3.08. The summed E-state index contributed by atoms with van der Waals surface area (Å²) in [4.78, 5) is 14.3. The third kappa shape index (κ3) is 3.10. The lowest BCUT2D eigenvalue weighted by molar-refractivity contribution is -0.117. The van der Waals surface area contributed by atoms with Gasteiger partial charge in [0.25, 0.3) is 0 Å². The Balaban J connectivity index is 2.01. The molecule has 0 spiro atoms. The normalized spacial score (nSPS) is 15.9. The molecule has 1 amide bonds. The first kappa shape index (κ1) is 13.1. The smallest absolute Gasteiger partial charge is 0.238 e. The third-order valence-electron chi connectivity index (χ3n) is 3.57. The summed E-state index contributed by atoms with van der Waals surface area (Å²) in [6.07, 6.45) is 3.39. The van der Waals surface area contributed by atoms with Crippen LogP contribution < -0.4 is 5.32 Å². The maximum atomic E-state index is 12.0. The summed E-state index contributed by atoms with van der Waals surface area (Å²) >= 11 is 0. The van der Waals surface area contributed by atoms with E-state index in [2.05, 4.69) is 23.2 Å². The number of nitrogens with one attached hydrogen (secondary N) is 1. The number of nitrogens with zero attached hydrogens (tertiary/aromatic N) is 1. The molecule has 0 radical (unpaired) electrons. The number of likely N-dealkylation sites (tertiary alicyclic amines) is 1. The quantitative estimate of drug-likeness (QED) is 0.885. The minimum Gasteiger partial charge on any atom is -0.324 e. The molecule has 1 heterocycles. The van der Waals surface area contributed by atoms with Crippen LogP contribution in [-0.2, 0) is 11.2 Å². The first-order valence-corrected chi connectivity index (χ1v) is 6.81. The first-order valence-electron chi connectivity index (χ1n) is 6.81. The minimum absolute atomic E-state index is 0.112. The standard InChI is InChI=1S/C15H22N2O/c1-3-13-8-6-7-12(2)15(13)16-14(18)11-17-9-4-5-10-17/h6-8H,3-5,9-11H2,1-2H3,(H,16,18). The topological polar surface area (TPSA) is 32.3 Å². The van der Waals surface area contributed by atoms with Gasteiger partial charge in [0.05, 0.1) is 6.54 Å². The molecule has 18 heavy (non-hydrogen) atoms. The average Bonchev–Trinajstić information content (AvgIpc) is 2.84. The maximum absolute atomic E-state index is 12.0. The van der Waals surface area contributed by atoms with Crippen LogP contribution in [0.15, 0.2) is 18.2 Å². The number of hydrogen-bond acceptors (Lipinski definition) is 2. The van der Waals surface area contributed by atoms with Crippen molar-refractivity contribution in [3.63, 3.8) is 0 Å². The van der Waals surface area contributed by atoms with Crippen LogP contribution in [0.4, 0.5) is 5.69 Å². The summed E-state index contributed by atoms with van der Waals surface area (Å²) in [5.41, 5.74) is 3.36. The summed E-state index contributed by atoms with van der Waals surface area (Å²) in [6, 6.07) is 6.17. The number of para-hydroxylation sites is 1. The van der Waals surface area contributed by atoms with Crippen LogP contribution in [0.2, 0.25) is 0 Å². The number of rotatable bonds is 4. The number of carbonyl (C=O) groups excluding carboxylic acids is 1. The zero-order chi connectivity index (χ0) is 13.0. The summed E-state index contributed by atoms with van der Waals surface area (Å²) < 4.78 is 0. The Labute approximate surface area is 109 Å². The van der Waals surface area contributed by atoms with Gasteiger partial charge in [-0.2, -0.15) is 0 Å². The van der Waals surface area contributed by atoms with Crippen molar-refractivity contribution in [2.45, 2.75) is 33.1 Å². The molecule has 1 aliphatic rings. The van der Waals surface area contributed by atoms with Gasteiger partial charge in [-0.05, 0) is 50.4 Å². The van der Waals surface area contributed by atoms with E-state index in [1.54, 1.807) is 0 Å². The Bertz CT molecular complexity index is 423. The van der Waals surface area contributed by atoms with Gasteiger partial charge in [-0.1, -0.05) is 25.1 Å². The van der Waals surface area contributed by atoms with Crippen molar-refractivity contribution in [1.82, 2.24) is 4.90 Å². The predicted octanol–water partition coefficient (Wildman–Crippen LogP) is 2.59. The van der Waals surface area contributed by atoms with Crippen molar-refractivity contribution in [3.05, 3.63) is 29.3 Å². The molecule has 98 valence electrons. The van der Waals surface area contributed by atoms with Gasteiger partial charge in [0.2, 0.25) is 5.91 Å². The molecule has 1 N–H and O–H groups in total. The van der Waals surface area contributed by atoms with Gasteiger partial charge < -0.3 is 5.32 Å². The van der Waals surface area contributed by atoms with Crippen molar-refractivity contribution in [2.24, 2.45) is 0 Å². The highest BCUT2D eigenvalue weighted by Crippen LogP contribution is 2.21. The Morgan fingerprint density at radius 3 is 2.72 bits per heavy atom. The molecule has 0 atom stereocenters. The van der Waals surface area contributed by atoms with E-state index in [0.29, 0.717) is 6.54 Å². The van der Waals surface area contributed by atoms with Crippen LogP contribution in [0.1, 0.15) is 30.9 Å². The zero-order valence-electron chi connectivity index (χ0n) is 11.3. The van der Waals surface area contributed by atoms with Gasteiger partial charge in [0.15, 0.2) is 0 Å². The van der Waals surface area contributed by atoms with Crippen molar-refractivity contribution < 1.29 is 4.79 Å². The molecular weight excluding hydrogens is 224 g/mol. The molecule has 0 bridgehead atoms. The fourth-order valence-electron chi connectivity index (χ4n) is 2.52. The number of benzene rings is 1. The molecule has 3 heteroatoms. The van der Waals surface area contributed by atoms with Crippen LogP contribution >= 0.6 is 0 Å². The van der Waals surface area contributed by atoms with Gasteiger partial charge >= 0.3 is 0 Å². The molecule has 1 aromatic carbocycles. The van der Waals surface area contributed by atoms with E-state index < -0.39 is 0 Å². The highest BCUT2D eigenvalue weighted by Gasteiger charge is 2.16. The summed E-state index contributed by atoms with van der Waals surface area (Å²) in [6.45, 7) is 6.80. The molecule has 0 aromatic heterocycles. The monoisotopic (exact) mass is 246 g/mol. The van der Waals surface area contributed by atoms with E-state index in [4.69, 9.17) is 0 Å².